The Bertz CT molecular complexity index is 3740. The van der Waals surface area contributed by atoms with Crippen LogP contribution in [0.4, 0.5) is 27.5 Å². The molecule has 30 nitrogen and oxygen atoms in total. The monoisotopic (exact) mass is 1250 g/mol. The Morgan fingerprint density at radius 1 is 0.407 bits per heavy atom. The molecule has 91 heavy (non-hydrogen) atoms. The van der Waals surface area contributed by atoms with Crippen LogP contribution < -0.4 is 61.0 Å². The van der Waals surface area contributed by atoms with E-state index in [1.807, 2.05) is 0 Å². The quantitative estimate of drug-likeness (QED) is 0.0581. The summed E-state index contributed by atoms with van der Waals surface area (Å²) in [5.74, 6) is -7.36. The van der Waals surface area contributed by atoms with Crippen LogP contribution in [-0.2, 0) is 23.9 Å². The lowest BCUT2D eigenvalue weighted by molar-refractivity contribution is -0.135. The van der Waals surface area contributed by atoms with Gasteiger partial charge in [-0.05, 0) is 116 Å². The molecule has 4 heterocycles. The first-order chi connectivity index (χ1) is 43.0. The van der Waals surface area contributed by atoms with Gasteiger partial charge >= 0.3 is 12.1 Å². The number of nitrogen functional groups attached to an aromatic ring is 3. The van der Waals surface area contributed by atoms with E-state index in [1.165, 1.54) is 49.1 Å². The summed E-state index contributed by atoms with van der Waals surface area (Å²) in [6, 6.07) is 33.4. The van der Waals surface area contributed by atoms with Crippen LogP contribution in [0.15, 0.2) is 146 Å². The molecular weight excluding hydrogens is 1180 g/mol. The highest BCUT2D eigenvalue weighted by Crippen LogP contribution is 2.30. The zero-order valence-electron chi connectivity index (χ0n) is 48.8. The van der Waals surface area contributed by atoms with Crippen LogP contribution in [0.5, 0.6) is 23.0 Å². The van der Waals surface area contributed by atoms with Crippen LogP contribution in [0, 0.1) is 0 Å². The summed E-state index contributed by atoms with van der Waals surface area (Å²) >= 11 is 0. The van der Waals surface area contributed by atoms with E-state index in [9.17, 15) is 63.6 Å². The number of aromatic nitrogens is 4. The second-order valence-corrected chi connectivity index (χ2v) is 20.0. The first-order valence-electron chi connectivity index (χ1n) is 26.6. The topological polar surface area (TPSA) is 532 Å². The highest BCUT2D eigenvalue weighted by Gasteiger charge is 2.20. The van der Waals surface area contributed by atoms with Gasteiger partial charge in [0.2, 0.25) is 17.7 Å². The van der Waals surface area contributed by atoms with Gasteiger partial charge in [-0.1, -0.05) is 48.5 Å². The van der Waals surface area contributed by atoms with E-state index in [0.717, 1.165) is 16.7 Å². The van der Waals surface area contributed by atoms with Crippen molar-refractivity contribution < 1.29 is 73.4 Å². The number of primary amides is 3. The Labute approximate surface area is 517 Å². The normalized spacial score (nSPS) is 10.3. The Balaban J connectivity index is 0.000000222. The van der Waals surface area contributed by atoms with Gasteiger partial charge in [0, 0.05) is 69.8 Å². The Kier molecular flexibility index (Phi) is 24.2. The molecule has 0 spiro atoms. The lowest BCUT2D eigenvalue weighted by Gasteiger charge is -2.19. The fourth-order valence-electron chi connectivity index (χ4n) is 7.49. The molecule has 8 rings (SSSR count). The summed E-state index contributed by atoms with van der Waals surface area (Å²) in [6.45, 7) is 3.74. The number of aromatic hydroxyl groups is 4. The van der Waals surface area contributed by atoms with Gasteiger partial charge in [0.05, 0.1) is 19.6 Å². The van der Waals surface area contributed by atoms with Crippen molar-refractivity contribution >= 4 is 76.2 Å². The van der Waals surface area contributed by atoms with Crippen LogP contribution in [0.1, 0.15) is 62.7 Å². The minimum atomic E-state index is -1.18. The van der Waals surface area contributed by atoms with E-state index in [4.69, 9.17) is 44.2 Å². The molecule has 0 radical (unpaired) electrons. The zero-order valence-corrected chi connectivity index (χ0v) is 48.8. The van der Waals surface area contributed by atoms with Gasteiger partial charge in [0.1, 0.15) is 35.1 Å². The molecule has 0 saturated heterocycles. The van der Waals surface area contributed by atoms with Crippen molar-refractivity contribution in [3.05, 3.63) is 169 Å². The predicted octanol–water partition coefficient (Wildman–Crippen LogP) is 3.37. The van der Waals surface area contributed by atoms with Crippen LogP contribution in [-0.4, -0.2) is 131 Å². The van der Waals surface area contributed by atoms with E-state index < -0.39 is 65.6 Å². The molecule has 0 aliphatic rings. The van der Waals surface area contributed by atoms with Crippen molar-refractivity contribution in [2.24, 2.45) is 17.2 Å². The third kappa shape index (κ3) is 22.2. The number of carbonyl (C=O) groups excluding carboxylic acids is 8. The maximum Gasteiger partial charge on any atom is 0.412 e. The highest BCUT2D eigenvalue weighted by molar-refractivity contribution is 6.00. The Morgan fingerprint density at radius 3 is 0.934 bits per heavy atom. The molecule has 472 valence electrons. The maximum atomic E-state index is 11.9. The van der Waals surface area contributed by atoms with Gasteiger partial charge in [0.15, 0.2) is 22.8 Å². The van der Waals surface area contributed by atoms with E-state index >= 15 is 0 Å². The Hall–Kier alpha value is -12.9. The van der Waals surface area contributed by atoms with E-state index in [-0.39, 0.29) is 65.4 Å². The van der Waals surface area contributed by atoms with Crippen molar-refractivity contribution in [2.45, 2.75) is 26.4 Å². The van der Waals surface area contributed by atoms with Crippen LogP contribution in [0.25, 0.3) is 44.5 Å². The number of carbonyl (C=O) groups is 9. The van der Waals surface area contributed by atoms with Gasteiger partial charge in [-0.2, -0.15) is 0 Å². The number of hydrogen-bond donors (Lipinski definition) is 16. The smallest absolute Gasteiger partial charge is 0.412 e. The molecule has 4 aromatic heterocycles. The number of nitrogens with one attached hydrogen (secondary N) is 5. The number of rotatable bonds is 17. The lowest BCUT2D eigenvalue weighted by Crippen LogP contribution is -2.33. The molecule has 0 aliphatic heterocycles. The number of hydrogen-bond acceptors (Lipinski definition) is 21. The first kappa shape index (κ1) is 68.9. The third-order valence-electron chi connectivity index (χ3n) is 11.5. The fourth-order valence-corrected chi connectivity index (χ4v) is 7.49. The number of ether oxygens (including phenoxy) is 1. The average molecular weight is 1250 g/mol. The van der Waals surface area contributed by atoms with Gasteiger partial charge < -0.3 is 85.9 Å². The standard InChI is InChI=1S/C19H22N4O5.2C14H14N4O3.C14H13N3O4/c1-19(2,3)28-18(27)23-13-6-4-5-11(7-13)12-8-14(24)16(21-9-12)17(26)22-10-15(20)25;2*15-10-3-1-2-8(4-10)9-5-11(19)13(17-6-9)14(21)18-7-12(16)20;15-10-3-1-2-8(4-10)9-5-11(18)13(16-6-9)14(21)17-7-12(19)20/h4-9,24H,10H2,1-3H3,(H2,20,25)(H,22,26)(H,23,27);2*1-6,19H,7,15H2,(H2,16,20)(H,18,21);1-6,18H,7,15H2,(H,17,21)(H,19,20). The molecule has 0 bridgehead atoms. The largest absolute Gasteiger partial charge is 0.505 e. The number of aliphatic carboxylic acids is 1. The maximum absolute atomic E-state index is 11.9. The van der Waals surface area contributed by atoms with Crippen molar-refractivity contribution in [2.75, 3.05) is 48.7 Å². The average Bonchev–Trinajstić information content (AvgIpc) is 1.10. The number of benzene rings is 4. The van der Waals surface area contributed by atoms with E-state index in [0.29, 0.717) is 50.6 Å². The second kappa shape index (κ2) is 32.0. The second-order valence-electron chi connectivity index (χ2n) is 20.0. The van der Waals surface area contributed by atoms with Gasteiger partial charge in [-0.25, -0.2) is 24.7 Å². The van der Waals surface area contributed by atoms with E-state index in [2.05, 4.69) is 46.5 Å². The molecule has 0 aliphatic carbocycles. The number of carboxylic acids is 1. The van der Waals surface area contributed by atoms with Crippen molar-refractivity contribution in [1.82, 2.24) is 41.2 Å². The molecule has 8 amide bonds. The molecule has 0 atom stereocenters. The fraction of sp³-hybridized carbons (Fsp3) is 0.131. The molecule has 22 N–H and O–H groups in total. The SMILES string of the molecule is CC(C)(C)OC(=O)Nc1cccc(-c2cnc(C(=O)NCC(N)=O)c(O)c2)c1.NC(=O)CNC(=O)c1ncc(-c2cccc(N)c2)cc1O.NC(=O)CNC(=O)c1ncc(-c2cccc(N)c2)cc1O.Nc1cccc(-c2cnc(C(=O)NCC(=O)O)c(O)c2)c1. The lowest BCUT2D eigenvalue weighted by atomic mass is 10.1. The number of nitrogens with zero attached hydrogens (tertiary/aromatic N) is 4. The minimum Gasteiger partial charge on any atom is -0.505 e. The van der Waals surface area contributed by atoms with Crippen molar-refractivity contribution in [1.29, 1.82) is 0 Å². The summed E-state index contributed by atoms with van der Waals surface area (Å²) in [4.78, 5) is 117. The number of nitrogens with two attached hydrogens (primary N) is 6. The highest BCUT2D eigenvalue weighted by atomic mass is 16.6. The van der Waals surface area contributed by atoms with Gasteiger partial charge in [0.25, 0.3) is 23.6 Å². The number of anilines is 4. The molecular formula is C61H63N15O15. The minimum absolute atomic E-state index is 0.177. The van der Waals surface area contributed by atoms with Crippen LogP contribution in [0.3, 0.4) is 0 Å². The molecule has 0 fully saturated rings. The predicted molar refractivity (Wildman–Crippen MR) is 333 cm³/mol. The van der Waals surface area contributed by atoms with E-state index in [1.54, 1.807) is 118 Å². The van der Waals surface area contributed by atoms with Crippen LogP contribution in [0.2, 0.25) is 0 Å². The molecule has 30 heteroatoms. The summed E-state index contributed by atoms with van der Waals surface area (Å²) in [5, 5.41) is 59.7. The molecule has 4 aromatic carbocycles. The number of amides is 8. The molecule has 8 aromatic rings. The van der Waals surface area contributed by atoms with Crippen LogP contribution >= 0.6 is 0 Å². The number of carboxylic acid groups (broad SMARTS) is 1. The summed E-state index contributed by atoms with van der Waals surface area (Å²) in [7, 11) is 0. The Morgan fingerprint density at radius 2 is 0.681 bits per heavy atom. The van der Waals surface area contributed by atoms with Crippen molar-refractivity contribution in [3.63, 3.8) is 0 Å². The molecule has 0 saturated carbocycles. The summed E-state index contributed by atoms with van der Waals surface area (Å²) < 4.78 is 5.21. The van der Waals surface area contributed by atoms with Gasteiger partial charge in [-0.15, -0.1) is 0 Å². The first-order valence-corrected chi connectivity index (χ1v) is 26.6. The summed E-state index contributed by atoms with van der Waals surface area (Å²) in [6.07, 6.45) is 5.09. The zero-order chi connectivity index (χ0) is 67.1. The third-order valence-corrected chi connectivity index (χ3v) is 11.5. The number of pyridine rings is 4. The summed E-state index contributed by atoms with van der Waals surface area (Å²) in [5.41, 5.74) is 37.9. The van der Waals surface area contributed by atoms with Gasteiger partial charge in [-0.3, -0.25) is 43.7 Å². The van der Waals surface area contributed by atoms with Crippen molar-refractivity contribution in [3.8, 4) is 67.5 Å². The molecule has 0 unspecified atom stereocenters.